The van der Waals surface area contributed by atoms with Gasteiger partial charge < -0.3 is 10.1 Å². The first-order chi connectivity index (χ1) is 9.20. The molecule has 5 nitrogen and oxygen atoms in total. The molecule has 0 aliphatic heterocycles. The first kappa shape index (κ1) is 13.4. The Kier molecular flexibility index (Phi) is 4.41. The smallest absolute Gasteiger partial charge is 0.213 e. The molecule has 0 aliphatic rings. The van der Waals surface area contributed by atoms with Gasteiger partial charge >= 0.3 is 0 Å². The molecule has 5 heteroatoms. The molecule has 0 aromatic carbocycles. The number of aryl methyl sites for hydroxylation is 1. The minimum absolute atomic E-state index is 0.146. The van der Waals surface area contributed by atoms with Crippen LogP contribution in [0.5, 0.6) is 5.88 Å². The van der Waals surface area contributed by atoms with Crippen molar-refractivity contribution in [3.05, 3.63) is 47.7 Å². The molecule has 0 aliphatic carbocycles. The summed E-state index contributed by atoms with van der Waals surface area (Å²) in [4.78, 5) is 12.7. The van der Waals surface area contributed by atoms with Gasteiger partial charge in [-0.3, -0.25) is 9.97 Å². The monoisotopic (exact) mass is 258 g/mol. The van der Waals surface area contributed by atoms with Gasteiger partial charge in [-0.2, -0.15) is 0 Å². The number of nitrogens with one attached hydrogen (secondary N) is 1. The summed E-state index contributed by atoms with van der Waals surface area (Å²) in [6.07, 6.45) is 5.17. The van der Waals surface area contributed by atoms with Gasteiger partial charge in [0.1, 0.15) is 0 Å². The van der Waals surface area contributed by atoms with Crippen LogP contribution in [0.25, 0.3) is 0 Å². The highest BCUT2D eigenvalue weighted by Crippen LogP contribution is 2.14. The Balaban J connectivity index is 2.00. The Bertz CT molecular complexity index is 544. The summed E-state index contributed by atoms with van der Waals surface area (Å²) in [6, 6.07) is 4.03. The van der Waals surface area contributed by atoms with Gasteiger partial charge in [0, 0.05) is 37.2 Å². The molecular weight excluding hydrogens is 240 g/mol. The van der Waals surface area contributed by atoms with Crippen molar-refractivity contribution >= 4 is 0 Å². The summed E-state index contributed by atoms with van der Waals surface area (Å²) in [7, 11) is 1.62. The van der Waals surface area contributed by atoms with Crippen molar-refractivity contribution in [3.8, 4) is 5.88 Å². The SMILES string of the molecule is COc1cc(CNC(C)c2nccnc2C)ccn1. The maximum absolute atomic E-state index is 5.10. The summed E-state index contributed by atoms with van der Waals surface area (Å²) in [5, 5.41) is 3.42. The van der Waals surface area contributed by atoms with Crippen LogP contribution in [-0.2, 0) is 6.54 Å². The molecule has 0 spiro atoms. The third-order valence-corrected chi connectivity index (χ3v) is 2.95. The van der Waals surface area contributed by atoms with Crippen molar-refractivity contribution in [2.45, 2.75) is 26.4 Å². The van der Waals surface area contributed by atoms with Crippen molar-refractivity contribution < 1.29 is 4.74 Å². The fraction of sp³-hybridized carbons (Fsp3) is 0.357. The number of hydrogen-bond acceptors (Lipinski definition) is 5. The van der Waals surface area contributed by atoms with Crippen molar-refractivity contribution in [1.82, 2.24) is 20.3 Å². The minimum atomic E-state index is 0.146. The van der Waals surface area contributed by atoms with Crippen LogP contribution in [0.3, 0.4) is 0 Å². The van der Waals surface area contributed by atoms with E-state index in [9.17, 15) is 0 Å². The molecule has 0 fully saturated rings. The van der Waals surface area contributed by atoms with E-state index in [1.807, 2.05) is 19.1 Å². The maximum Gasteiger partial charge on any atom is 0.213 e. The number of aromatic nitrogens is 3. The lowest BCUT2D eigenvalue weighted by Gasteiger charge is -2.14. The van der Waals surface area contributed by atoms with E-state index >= 15 is 0 Å². The van der Waals surface area contributed by atoms with Crippen LogP contribution >= 0.6 is 0 Å². The molecule has 0 saturated carbocycles. The second kappa shape index (κ2) is 6.24. The minimum Gasteiger partial charge on any atom is -0.481 e. The number of pyridine rings is 1. The molecule has 1 atom stereocenters. The Labute approximate surface area is 113 Å². The van der Waals surface area contributed by atoms with Crippen LogP contribution in [0.2, 0.25) is 0 Å². The van der Waals surface area contributed by atoms with Crippen molar-refractivity contribution in [3.63, 3.8) is 0 Å². The van der Waals surface area contributed by atoms with Gasteiger partial charge in [-0.25, -0.2) is 4.98 Å². The number of hydrogen-bond donors (Lipinski definition) is 1. The van der Waals surface area contributed by atoms with E-state index in [-0.39, 0.29) is 6.04 Å². The summed E-state index contributed by atoms with van der Waals surface area (Å²) >= 11 is 0. The van der Waals surface area contributed by atoms with Gasteiger partial charge in [0.15, 0.2) is 0 Å². The highest BCUT2D eigenvalue weighted by atomic mass is 16.5. The Hall–Kier alpha value is -2.01. The van der Waals surface area contributed by atoms with Gasteiger partial charge in [-0.15, -0.1) is 0 Å². The van der Waals surface area contributed by atoms with E-state index in [1.165, 1.54) is 0 Å². The number of rotatable bonds is 5. The lowest BCUT2D eigenvalue weighted by Crippen LogP contribution is -2.20. The number of methoxy groups -OCH3 is 1. The first-order valence-corrected chi connectivity index (χ1v) is 6.20. The van der Waals surface area contributed by atoms with E-state index in [2.05, 4.69) is 27.2 Å². The molecule has 2 heterocycles. The zero-order valence-electron chi connectivity index (χ0n) is 11.4. The molecule has 2 aromatic heterocycles. The van der Waals surface area contributed by atoms with Crippen molar-refractivity contribution in [1.29, 1.82) is 0 Å². The molecule has 0 saturated heterocycles. The molecule has 100 valence electrons. The quantitative estimate of drug-likeness (QED) is 0.889. The molecule has 2 rings (SSSR count). The van der Waals surface area contributed by atoms with Crippen LogP contribution in [0.4, 0.5) is 0 Å². The average molecular weight is 258 g/mol. The van der Waals surface area contributed by atoms with Crippen LogP contribution < -0.4 is 10.1 Å². The second-order valence-corrected chi connectivity index (χ2v) is 4.34. The van der Waals surface area contributed by atoms with Gasteiger partial charge in [-0.05, 0) is 25.5 Å². The fourth-order valence-electron chi connectivity index (χ4n) is 1.88. The van der Waals surface area contributed by atoms with Gasteiger partial charge in [0.2, 0.25) is 5.88 Å². The normalized spacial score (nSPS) is 12.2. The average Bonchev–Trinajstić information content (AvgIpc) is 2.45. The van der Waals surface area contributed by atoms with E-state index in [0.29, 0.717) is 5.88 Å². The lowest BCUT2D eigenvalue weighted by atomic mass is 10.1. The fourth-order valence-corrected chi connectivity index (χ4v) is 1.88. The third kappa shape index (κ3) is 3.48. The Morgan fingerprint density at radius 2 is 2.00 bits per heavy atom. The standard InChI is InChI=1S/C14H18N4O/c1-10-14(17-7-6-15-10)11(2)18-9-12-4-5-16-13(8-12)19-3/h4-8,11,18H,9H2,1-3H3. The van der Waals surface area contributed by atoms with Gasteiger partial charge in [0.05, 0.1) is 18.5 Å². The molecule has 2 aromatic rings. The highest BCUT2D eigenvalue weighted by molar-refractivity contribution is 5.21. The Morgan fingerprint density at radius 1 is 1.21 bits per heavy atom. The van der Waals surface area contributed by atoms with Crippen LogP contribution in [0, 0.1) is 6.92 Å². The Morgan fingerprint density at radius 3 is 2.74 bits per heavy atom. The van der Waals surface area contributed by atoms with Gasteiger partial charge in [0.25, 0.3) is 0 Å². The van der Waals surface area contributed by atoms with Crippen LogP contribution in [0.1, 0.15) is 29.9 Å². The summed E-state index contributed by atoms with van der Waals surface area (Å²) in [5.41, 5.74) is 3.05. The number of ether oxygens (including phenoxy) is 1. The van der Waals surface area contributed by atoms with Crippen molar-refractivity contribution in [2.75, 3.05) is 7.11 Å². The lowest BCUT2D eigenvalue weighted by molar-refractivity contribution is 0.397. The topological polar surface area (TPSA) is 59.9 Å². The summed E-state index contributed by atoms with van der Waals surface area (Å²) in [5.74, 6) is 0.627. The molecule has 0 amide bonds. The molecular formula is C14H18N4O. The molecule has 19 heavy (non-hydrogen) atoms. The summed E-state index contributed by atoms with van der Waals surface area (Å²) in [6.45, 7) is 4.78. The highest BCUT2D eigenvalue weighted by Gasteiger charge is 2.09. The maximum atomic E-state index is 5.10. The van der Waals surface area contributed by atoms with Crippen LogP contribution in [0.15, 0.2) is 30.7 Å². The van der Waals surface area contributed by atoms with Crippen molar-refractivity contribution in [2.24, 2.45) is 0 Å². The molecule has 1 unspecified atom stereocenters. The predicted octanol–water partition coefficient (Wildman–Crippen LogP) is 2.04. The van der Waals surface area contributed by atoms with E-state index in [1.54, 1.807) is 25.7 Å². The van der Waals surface area contributed by atoms with Crippen LogP contribution in [-0.4, -0.2) is 22.1 Å². The zero-order valence-corrected chi connectivity index (χ0v) is 11.4. The second-order valence-electron chi connectivity index (χ2n) is 4.34. The van der Waals surface area contributed by atoms with E-state index in [0.717, 1.165) is 23.5 Å². The molecule has 0 radical (unpaired) electrons. The van der Waals surface area contributed by atoms with E-state index in [4.69, 9.17) is 4.74 Å². The molecule has 1 N–H and O–H groups in total. The largest absolute Gasteiger partial charge is 0.481 e. The van der Waals surface area contributed by atoms with E-state index < -0.39 is 0 Å². The van der Waals surface area contributed by atoms with Gasteiger partial charge in [-0.1, -0.05) is 0 Å². The first-order valence-electron chi connectivity index (χ1n) is 6.20. The third-order valence-electron chi connectivity index (χ3n) is 2.95. The molecule has 0 bridgehead atoms. The number of nitrogens with zero attached hydrogens (tertiary/aromatic N) is 3. The summed E-state index contributed by atoms with van der Waals surface area (Å²) < 4.78 is 5.10. The zero-order chi connectivity index (χ0) is 13.7. The predicted molar refractivity (Wildman–Crippen MR) is 72.8 cm³/mol.